The highest BCUT2D eigenvalue weighted by Crippen LogP contribution is 2.30. The molecule has 1 unspecified atom stereocenters. The smallest absolute Gasteiger partial charge is 0.136 e. The number of fused-ring (bicyclic) bond motifs is 1. The van der Waals surface area contributed by atoms with Crippen molar-refractivity contribution in [1.82, 2.24) is 10.3 Å². The molecular formula is C18H23N3. The molecular weight excluding hydrogens is 258 g/mol. The number of nitrogens with one attached hydrogen (secondary N) is 1. The van der Waals surface area contributed by atoms with Gasteiger partial charge in [0.05, 0.1) is 0 Å². The van der Waals surface area contributed by atoms with Gasteiger partial charge in [-0.1, -0.05) is 24.3 Å². The Kier molecular flexibility index (Phi) is 3.52. The Balaban J connectivity index is 1.52. The normalized spacial score (nSPS) is 23.8. The number of anilines is 1. The molecule has 3 nitrogen and oxygen atoms in total. The van der Waals surface area contributed by atoms with Crippen LogP contribution in [0, 0.1) is 5.92 Å². The Bertz CT molecular complexity index is 605. The standard InChI is InChI=1S/C18H23N3/c1-2-5-16-14(4-1)7-11-20-18(16)21-12-8-15(9-13-21)17-6-3-10-19-17/h1-2,4-5,7,11,15,17,19H,3,6,8-10,12-13H2. The van der Waals surface area contributed by atoms with Crippen molar-refractivity contribution in [3.05, 3.63) is 36.5 Å². The molecule has 2 aromatic rings. The minimum Gasteiger partial charge on any atom is -0.356 e. The van der Waals surface area contributed by atoms with E-state index in [0.717, 1.165) is 25.0 Å². The van der Waals surface area contributed by atoms with Crippen LogP contribution >= 0.6 is 0 Å². The third-order valence-electron chi connectivity index (χ3n) is 5.16. The third-order valence-corrected chi connectivity index (χ3v) is 5.16. The number of pyridine rings is 1. The molecule has 1 aromatic carbocycles. The predicted molar refractivity (Wildman–Crippen MR) is 87.7 cm³/mol. The van der Waals surface area contributed by atoms with Crippen molar-refractivity contribution in [2.75, 3.05) is 24.5 Å². The molecule has 1 atom stereocenters. The molecule has 110 valence electrons. The summed E-state index contributed by atoms with van der Waals surface area (Å²) in [5.74, 6) is 2.03. The lowest BCUT2D eigenvalue weighted by Crippen LogP contribution is -2.41. The fourth-order valence-corrected chi connectivity index (χ4v) is 3.98. The van der Waals surface area contributed by atoms with Gasteiger partial charge in [-0.15, -0.1) is 0 Å². The molecule has 4 rings (SSSR count). The van der Waals surface area contributed by atoms with E-state index in [9.17, 15) is 0 Å². The van der Waals surface area contributed by atoms with Crippen LogP contribution in [0.2, 0.25) is 0 Å². The van der Waals surface area contributed by atoms with Crippen LogP contribution in [0.5, 0.6) is 0 Å². The zero-order chi connectivity index (χ0) is 14.1. The molecule has 0 radical (unpaired) electrons. The van der Waals surface area contributed by atoms with Crippen LogP contribution in [0.1, 0.15) is 25.7 Å². The van der Waals surface area contributed by atoms with Gasteiger partial charge < -0.3 is 10.2 Å². The lowest BCUT2D eigenvalue weighted by atomic mass is 9.88. The third kappa shape index (κ3) is 2.51. The molecule has 0 amide bonds. The highest BCUT2D eigenvalue weighted by atomic mass is 15.2. The first-order chi connectivity index (χ1) is 10.4. The molecule has 2 aliphatic heterocycles. The van der Waals surface area contributed by atoms with Crippen molar-refractivity contribution in [1.29, 1.82) is 0 Å². The maximum absolute atomic E-state index is 4.66. The molecule has 21 heavy (non-hydrogen) atoms. The van der Waals surface area contributed by atoms with Gasteiger partial charge in [0.25, 0.3) is 0 Å². The summed E-state index contributed by atoms with van der Waals surface area (Å²) in [5.41, 5.74) is 0. The van der Waals surface area contributed by atoms with Crippen LogP contribution < -0.4 is 10.2 Å². The topological polar surface area (TPSA) is 28.2 Å². The number of benzene rings is 1. The minimum absolute atomic E-state index is 0.771. The van der Waals surface area contributed by atoms with E-state index < -0.39 is 0 Å². The van der Waals surface area contributed by atoms with Crippen molar-refractivity contribution < 1.29 is 0 Å². The lowest BCUT2D eigenvalue weighted by Gasteiger charge is -2.36. The monoisotopic (exact) mass is 281 g/mol. The van der Waals surface area contributed by atoms with Crippen molar-refractivity contribution in [2.24, 2.45) is 5.92 Å². The summed E-state index contributed by atoms with van der Waals surface area (Å²) in [4.78, 5) is 7.14. The van der Waals surface area contributed by atoms with E-state index in [4.69, 9.17) is 0 Å². The van der Waals surface area contributed by atoms with E-state index in [1.807, 2.05) is 6.20 Å². The van der Waals surface area contributed by atoms with Crippen molar-refractivity contribution >= 4 is 16.6 Å². The molecule has 1 N–H and O–H groups in total. The number of piperidine rings is 1. The van der Waals surface area contributed by atoms with E-state index in [0.29, 0.717) is 0 Å². The van der Waals surface area contributed by atoms with Crippen LogP contribution in [-0.2, 0) is 0 Å². The molecule has 0 aliphatic carbocycles. The molecule has 3 heterocycles. The summed E-state index contributed by atoms with van der Waals surface area (Å²) in [5, 5.41) is 6.26. The van der Waals surface area contributed by atoms with Gasteiger partial charge in [0, 0.05) is 30.7 Å². The highest BCUT2D eigenvalue weighted by molar-refractivity contribution is 5.92. The zero-order valence-electron chi connectivity index (χ0n) is 12.5. The lowest BCUT2D eigenvalue weighted by molar-refractivity contribution is 0.318. The maximum Gasteiger partial charge on any atom is 0.136 e. The fourth-order valence-electron chi connectivity index (χ4n) is 3.98. The van der Waals surface area contributed by atoms with Gasteiger partial charge in [-0.2, -0.15) is 0 Å². The summed E-state index contributed by atoms with van der Waals surface area (Å²) in [7, 11) is 0. The second-order valence-electron chi connectivity index (χ2n) is 6.38. The van der Waals surface area contributed by atoms with Crippen LogP contribution in [0.25, 0.3) is 10.8 Å². The van der Waals surface area contributed by atoms with Gasteiger partial charge in [0.2, 0.25) is 0 Å². The second-order valence-corrected chi connectivity index (χ2v) is 6.38. The summed E-state index contributed by atoms with van der Waals surface area (Å²) < 4.78 is 0. The summed E-state index contributed by atoms with van der Waals surface area (Å²) in [6, 6.07) is 11.5. The van der Waals surface area contributed by atoms with E-state index in [2.05, 4.69) is 45.5 Å². The molecule has 0 saturated carbocycles. The molecule has 0 spiro atoms. The van der Waals surface area contributed by atoms with Crippen LogP contribution in [0.15, 0.2) is 36.5 Å². The molecule has 3 heteroatoms. The molecule has 2 aliphatic rings. The highest BCUT2D eigenvalue weighted by Gasteiger charge is 2.29. The van der Waals surface area contributed by atoms with Gasteiger partial charge in [0.1, 0.15) is 5.82 Å². The van der Waals surface area contributed by atoms with Crippen molar-refractivity contribution in [2.45, 2.75) is 31.7 Å². The number of hydrogen-bond acceptors (Lipinski definition) is 3. The molecule has 1 aromatic heterocycles. The summed E-state index contributed by atoms with van der Waals surface area (Å²) in [6.07, 6.45) is 7.26. The number of aromatic nitrogens is 1. The van der Waals surface area contributed by atoms with E-state index >= 15 is 0 Å². The van der Waals surface area contributed by atoms with Gasteiger partial charge >= 0.3 is 0 Å². The Morgan fingerprint density at radius 1 is 1.05 bits per heavy atom. The maximum atomic E-state index is 4.66. The van der Waals surface area contributed by atoms with Gasteiger partial charge in [-0.3, -0.25) is 0 Å². The Morgan fingerprint density at radius 3 is 2.71 bits per heavy atom. The van der Waals surface area contributed by atoms with E-state index in [1.54, 1.807) is 0 Å². The average Bonchev–Trinajstić information content (AvgIpc) is 3.09. The summed E-state index contributed by atoms with van der Waals surface area (Å²) in [6.45, 7) is 3.50. The quantitative estimate of drug-likeness (QED) is 0.916. The SMILES string of the molecule is c1ccc2c(N3CCC(C4CCCN4)CC3)nccc2c1. The first-order valence-corrected chi connectivity index (χ1v) is 8.24. The number of rotatable bonds is 2. The first kappa shape index (κ1) is 13.1. The van der Waals surface area contributed by atoms with Gasteiger partial charge in [-0.05, 0) is 49.6 Å². The van der Waals surface area contributed by atoms with Gasteiger partial charge in [0.15, 0.2) is 0 Å². The molecule has 0 bridgehead atoms. The summed E-state index contributed by atoms with van der Waals surface area (Å²) >= 11 is 0. The van der Waals surface area contributed by atoms with Crippen molar-refractivity contribution in [3.8, 4) is 0 Å². The van der Waals surface area contributed by atoms with Crippen LogP contribution in [0.4, 0.5) is 5.82 Å². The molecule has 2 fully saturated rings. The number of nitrogens with zero attached hydrogens (tertiary/aromatic N) is 2. The largest absolute Gasteiger partial charge is 0.356 e. The number of hydrogen-bond donors (Lipinski definition) is 1. The van der Waals surface area contributed by atoms with Gasteiger partial charge in [-0.25, -0.2) is 4.98 Å². The first-order valence-electron chi connectivity index (χ1n) is 8.24. The van der Waals surface area contributed by atoms with Crippen molar-refractivity contribution in [3.63, 3.8) is 0 Å². The fraction of sp³-hybridized carbons (Fsp3) is 0.500. The second kappa shape index (κ2) is 5.64. The van der Waals surface area contributed by atoms with E-state index in [1.165, 1.54) is 48.8 Å². The van der Waals surface area contributed by atoms with E-state index in [-0.39, 0.29) is 0 Å². The predicted octanol–water partition coefficient (Wildman–Crippen LogP) is 3.20. The average molecular weight is 281 g/mol. The Labute approximate surface area is 126 Å². The van der Waals surface area contributed by atoms with Crippen LogP contribution in [0.3, 0.4) is 0 Å². The minimum atomic E-state index is 0.771. The Morgan fingerprint density at radius 2 is 1.90 bits per heavy atom. The Hall–Kier alpha value is -1.61. The zero-order valence-corrected chi connectivity index (χ0v) is 12.5. The van der Waals surface area contributed by atoms with Crippen LogP contribution in [-0.4, -0.2) is 30.7 Å². The molecule has 2 saturated heterocycles.